The van der Waals surface area contributed by atoms with Gasteiger partial charge in [0.05, 0.1) is 5.56 Å². The van der Waals surface area contributed by atoms with E-state index >= 15 is 0 Å². The Morgan fingerprint density at radius 2 is 1.63 bits per heavy atom. The number of nitrogens with one attached hydrogen (secondary N) is 1. The first-order valence-corrected chi connectivity index (χ1v) is 11.0. The molecule has 2 aromatic carbocycles. The first-order valence-electron chi connectivity index (χ1n) is 9.42. The molecule has 8 heteroatoms. The maximum Gasteiger partial charge on any atom is 0.408 e. The molecule has 0 heterocycles. The van der Waals surface area contributed by atoms with Crippen molar-refractivity contribution in [2.45, 2.75) is 26.5 Å². The van der Waals surface area contributed by atoms with E-state index in [0.29, 0.717) is 16.6 Å². The predicted molar refractivity (Wildman–Crippen MR) is 120 cm³/mol. The number of hydrogen-bond acceptors (Lipinski definition) is 6. The van der Waals surface area contributed by atoms with Crippen molar-refractivity contribution in [1.82, 2.24) is 5.32 Å². The van der Waals surface area contributed by atoms with Crippen molar-refractivity contribution in [3.8, 4) is 5.75 Å². The average molecular weight is 525 g/mol. The van der Waals surface area contributed by atoms with Gasteiger partial charge in [-0.3, -0.25) is 0 Å². The summed E-state index contributed by atoms with van der Waals surface area (Å²) >= 11 is 2.11. The van der Waals surface area contributed by atoms with Crippen molar-refractivity contribution in [2.24, 2.45) is 5.92 Å². The Labute approximate surface area is 189 Å². The molecule has 2 aromatic rings. The van der Waals surface area contributed by atoms with Crippen LogP contribution in [0.1, 0.15) is 29.8 Å². The smallest absolute Gasteiger partial charge is 0.408 e. The van der Waals surface area contributed by atoms with Gasteiger partial charge in [-0.2, -0.15) is 0 Å². The number of benzene rings is 2. The molecule has 1 amide bonds. The Bertz CT molecular complexity index is 838. The summed E-state index contributed by atoms with van der Waals surface area (Å²) in [4.78, 5) is 36.5. The molecule has 2 rings (SSSR count). The maximum absolute atomic E-state index is 12.5. The fourth-order valence-electron chi connectivity index (χ4n) is 2.44. The SMILES string of the molecule is CC(C)[C@H](NC(=O)OCc1ccccc1)C(=O)Oc1ccc(C(=O)OCCI)cc1. The van der Waals surface area contributed by atoms with Crippen LogP contribution >= 0.6 is 22.6 Å². The summed E-state index contributed by atoms with van der Waals surface area (Å²) < 4.78 is 16.3. The highest BCUT2D eigenvalue weighted by atomic mass is 127. The summed E-state index contributed by atoms with van der Waals surface area (Å²) in [7, 11) is 0. The minimum absolute atomic E-state index is 0.0989. The Morgan fingerprint density at radius 3 is 2.23 bits per heavy atom. The highest BCUT2D eigenvalue weighted by Gasteiger charge is 2.27. The minimum Gasteiger partial charge on any atom is -0.461 e. The van der Waals surface area contributed by atoms with E-state index in [2.05, 4.69) is 27.9 Å². The summed E-state index contributed by atoms with van der Waals surface area (Å²) in [5.74, 6) is -1.02. The number of ether oxygens (including phenoxy) is 3. The van der Waals surface area contributed by atoms with Gasteiger partial charge in [-0.1, -0.05) is 66.8 Å². The van der Waals surface area contributed by atoms with Crippen molar-refractivity contribution in [1.29, 1.82) is 0 Å². The molecule has 30 heavy (non-hydrogen) atoms. The molecule has 0 saturated heterocycles. The van der Waals surface area contributed by atoms with Crippen LogP contribution in [-0.4, -0.2) is 35.1 Å². The standard InChI is InChI=1S/C22H24INO6/c1-15(2)19(24-22(27)29-14-16-6-4-3-5-7-16)21(26)30-18-10-8-17(9-11-18)20(25)28-13-12-23/h3-11,15,19H,12-14H2,1-2H3,(H,24,27)/t19-/m0/s1. The third-order valence-electron chi connectivity index (χ3n) is 4.03. The molecule has 1 N–H and O–H groups in total. The molecule has 0 saturated carbocycles. The summed E-state index contributed by atoms with van der Waals surface area (Å²) in [5, 5.41) is 2.55. The van der Waals surface area contributed by atoms with Gasteiger partial charge in [0, 0.05) is 4.43 Å². The van der Waals surface area contributed by atoms with Crippen LogP contribution in [0.3, 0.4) is 0 Å². The first-order chi connectivity index (χ1) is 14.4. The van der Waals surface area contributed by atoms with Gasteiger partial charge in [-0.25, -0.2) is 14.4 Å². The number of hydrogen-bond donors (Lipinski definition) is 1. The molecule has 0 aliphatic rings. The predicted octanol–water partition coefficient (Wildman–Crippen LogP) is 4.13. The van der Waals surface area contributed by atoms with Crippen molar-refractivity contribution in [3.63, 3.8) is 0 Å². The van der Waals surface area contributed by atoms with Crippen molar-refractivity contribution < 1.29 is 28.6 Å². The van der Waals surface area contributed by atoms with E-state index in [-0.39, 0.29) is 18.3 Å². The Kier molecular flexibility index (Phi) is 9.59. The fourth-order valence-corrected chi connectivity index (χ4v) is 2.66. The van der Waals surface area contributed by atoms with E-state index < -0.39 is 24.1 Å². The number of amides is 1. The Balaban J connectivity index is 1.91. The van der Waals surface area contributed by atoms with Crippen LogP contribution in [0.5, 0.6) is 5.75 Å². The zero-order chi connectivity index (χ0) is 21.9. The number of esters is 2. The van der Waals surface area contributed by atoms with E-state index in [1.54, 1.807) is 13.8 Å². The second-order valence-corrected chi connectivity index (χ2v) is 7.78. The van der Waals surface area contributed by atoms with E-state index in [1.165, 1.54) is 24.3 Å². The summed E-state index contributed by atoms with van der Waals surface area (Å²) in [6, 6.07) is 14.4. The minimum atomic E-state index is -0.887. The largest absolute Gasteiger partial charge is 0.461 e. The first kappa shape index (κ1) is 23.7. The molecule has 0 radical (unpaired) electrons. The fraction of sp³-hybridized carbons (Fsp3) is 0.318. The van der Waals surface area contributed by atoms with Gasteiger partial charge >= 0.3 is 18.0 Å². The molecule has 0 aliphatic heterocycles. The van der Waals surface area contributed by atoms with Crippen LogP contribution in [0.15, 0.2) is 54.6 Å². The topological polar surface area (TPSA) is 90.9 Å². The molecule has 0 fully saturated rings. The van der Waals surface area contributed by atoms with E-state index in [4.69, 9.17) is 14.2 Å². The number of alkyl carbamates (subject to hydrolysis) is 1. The van der Waals surface area contributed by atoms with Crippen LogP contribution < -0.4 is 10.1 Å². The van der Waals surface area contributed by atoms with Crippen LogP contribution in [0, 0.1) is 5.92 Å². The molecule has 0 unspecified atom stereocenters. The van der Waals surface area contributed by atoms with Gasteiger partial charge in [0.15, 0.2) is 0 Å². The lowest BCUT2D eigenvalue weighted by Crippen LogP contribution is -2.46. The monoisotopic (exact) mass is 525 g/mol. The molecule has 7 nitrogen and oxygen atoms in total. The number of halogens is 1. The van der Waals surface area contributed by atoms with Gasteiger partial charge in [0.2, 0.25) is 0 Å². The van der Waals surface area contributed by atoms with Gasteiger partial charge in [-0.05, 0) is 35.7 Å². The van der Waals surface area contributed by atoms with E-state index in [1.807, 2.05) is 30.3 Å². The van der Waals surface area contributed by atoms with Gasteiger partial charge in [-0.15, -0.1) is 0 Å². The normalized spacial score (nSPS) is 11.5. The molecular formula is C22H24INO6. The summed E-state index contributed by atoms with van der Waals surface area (Å²) in [5.41, 5.74) is 1.20. The summed E-state index contributed by atoms with van der Waals surface area (Å²) in [6.45, 7) is 4.01. The van der Waals surface area contributed by atoms with Crippen molar-refractivity contribution >= 4 is 40.6 Å². The van der Waals surface area contributed by atoms with Gasteiger partial charge in [0.1, 0.15) is 25.0 Å². The zero-order valence-electron chi connectivity index (χ0n) is 16.8. The molecule has 1 atom stereocenters. The number of carbonyl (C=O) groups excluding carboxylic acids is 3. The van der Waals surface area contributed by atoms with E-state index in [0.717, 1.165) is 5.56 Å². The van der Waals surface area contributed by atoms with Gasteiger partial charge < -0.3 is 19.5 Å². The molecule has 0 bridgehead atoms. The lowest BCUT2D eigenvalue weighted by Gasteiger charge is -2.20. The molecule has 0 aliphatic carbocycles. The lowest BCUT2D eigenvalue weighted by atomic mass is 10.1. The van der Waals surface area contributed by atoms with Crippen LogP contribution in [0.2, 0.25) is 0 Å². The number of alkyl halides is 1. The van der Waals surface area contributed by atoms with Gasteiger partial charge in [0.25, 0.3) is 0 Å². The Hall–Kier alpha value is -2.62. The van der Waals surface area contributed by atoms with Crippen molar-refractivity contribution in [3.05, 3.63) is 65.7 Å². The van der Waals surface area contributed by atoms with E-state index in [9.17, 15) is 14.4 Å². The van der Waals surface area contributed by atoms with Crippen LogP contribution in [0.4, 0.5) is 4.79 Å². The maximum atomic E-state index is 12.5. The summed E-state index contributed by atoms with van der Waals surface area (Å²) in [6.07, 6.45) is -0.706. The third kappa shape index (κ3) is 7.66. The molecule has 0 spiro atoms. The second-order valence-electron chi connectivity index (χ2n) is 6.70. The van der Waals surface area contributed by atoms with Crippen molar-refractivity contribution in [2.75, 3.05) is 11.0 Å². The highest BCUT2D eigenvalue weighted by molar-refractivity contribution is 14.1. The lowest BCUT2D eigenvalue weighted by molar-refractivity contribution is -0.137. The highest BCUT2D eigenvalue weighted by Crippen LogP contribution is 2.15. The Morgan fingerprint density at radius 1 is 0.967 bits per heavy atom. The third-order valence-corrected chi connectivity index (χ3v) is 4.47. The molecule has 160 valence electrons. The molecular weight excluding hydrogens is 501 g/mol. The van der Waals surface area contributed by atoms with Crippen LogP contribution in [0.25, 0.3) is 0 Å². The van der Waals surface area contributed by atoms with Crippen LogP contribution in [-0.2, 0) is 20.9 Å². The number of carbonyl (C=O) groups is 3. The number of rotatable bonds is 9. The zero-order valence-corrected chi connectivity index (χ0v) is 19.0. The second kappa shape index (κ2) is 12.2. The molecule has 0 aromatic heterocycles. The quantitative estimate of drug-likeness (QED) is 0.229. The average Bonchev–Trinajstić information content (AvgIpc) is 2.75.